The molecule has 0 aromatic carbocycles. The Hall–Kier alpha value is -0.740. The van der Waals surface area contributed by atoms with Crippen molar-refractivity contribution in [3.63, 3.8) is 0 Å². The average Bonchev–Trinajstić information content (AvgIpc) is 2.10. The van der Waals surface area contributed by atoms with Crippen LogP contribution in [0.3, 0.4) is 0 Å². The Morgan fingerprint density at radius 1 is 1.27 bits per heavy atom. The molecular formula is C10H18F3NO. The summed E-state index contributed by atoms with van der Waals surface area (Å²) in [5, 5.41) is 0. The van der Waals surface area contributed by atoms with E-state index in [-0.39, 0.29) is 6.42 Å². The average molecular weight is 225 g/mol. The number of halogens is 3. The van der Waals surface area contributed by atoms with Crippen LogP contribution in [0.1, 0.15) is 33.1 Å². The molecule has 90 valence electrons. The van der Waals surface area contributed by atoms with Gasteiger partial charge in [0.1, 0.15) is 5.41 Å². The molecule has 0 radical (unpaired) electrons. The van der Waals surface area contributed by atoms with E-state index in [1.807, 2.05) is 0 Å². The molecule has 0 aliphatic heterocycles. The van der Waals surface area contributed by atoms with Gasteiger partial charge in [-0.15, -0.1) is 0 Å². The summed E-state index contributed by atoms with van der Waals surface area (Å²) >= 11 is 0. The highest BCUT2D eigenvalue weighted by Gasteiger charge is 2.56. The summed E-state index contributed by atoms with van der Waals surface area (Å²) in [5.74, 6) is -0.872. The number of amides is 1. The van der Waals surface area contributed by atoms with Gasteiger partial charge in [-0.3, -0.25) is 4.79 Å². The minimum Gasteiger partial charge on any atom is -0.348 e. The summed E-state index contributed by atoms with van der Waals surface area (Å²) < 4.78 is 38.4. The van der Waals surface area contributed by atoms with Crippen molar-refractivity contribution >= 4 is 5.91 Å². The van der Waals surface area contributed by atoms with Crippen LogP contribution in [0.2, 0.25) is 0 Å². The van der Waals surface area contributed by atoms with Crippen LogP contribution in [0.25, 0.3) is 0 Å². The first-order valence-corrected chi connectivity index (χ1v) is 4.95. The molecule has 1 amide bonds. The number of hydrogen-bond donors (Lipinski definition) is 0. The zero-order valence-corrected chi connectivity index (χ0v) is 9.61. The lowest BCUT2D eigenvalue weighted by atomic mass is 9.82. The summed E-state index contributed by atoms with van der Waals surface area (Å²) in [7, 11) is 2.69. The molecule has 0 fully saturated rings. The Balaban J connectivity index is 4.94. The number of rotatable bonds is 4. The molecule has 0 spiro atoms. The SMILES string of the molecule is CCCCC(C)(C(=O)N(C)C)C(F)(F)F. The topological polar surface area (TPSA) is 20.3 Å². The third-order valence-electron chi connectivity index (χ3n) is 2.53. The largest absolute Gasteiger partial charge is 0.402 e. The molecule has 15 heavy (non-hydrogen) atoms. The van der Waals surface area contributed by atoms with Gasteiger partial charge in [-0.2, -0.15) is 13.2 Å². The summed E-state index contributed by atoms with van der Waals surface area (Å²) in [4.78, 5) is 12.5. The maximum absolute atomic E-state index is 12.8. The molecule has 0 aromatic heterocycles. The summed E-state index contributed by atoms with van der Waals surface area (Å²) in [6.07, 6.45) is -3.59. The molecule has 5 heteroatoms. The fourth-order valence-corrected chi connectivity index (χ4v) is 1.39. The first-order chi connectivity index (χ1) is 6.66. The van der Waals surface area contributed by atoms with Crippen LogP contribution in [-0.2, 0) is 4.79 Å². The molecule has 0 aromatic rings. The number of carbonyl (C=O) groups excluding carboxylic acids is 1. The molecule has 0 saturated carbocycles. The van der Waals surface area contributed by atoms with Gasteiger partial charge in [0, 0.05) is 14.1 Å². The van der Waals surface area contributed by atoms with Gasteiger partial charge in [-0.1, -0.05) is 19.8 Å². The number of unbranched alkanes of at least 4 members (excludes halogenated alkanes) is 1. The lowest BCUT2D eigenvalue weighted by Crippen LogP contribution is -2.48. The van der Waals surface area contributed by atoms with E-state index in [0.29, 0.717) is 12.8 Å². The van der Waals surface area contributed by atoms with Crippen LogP contribution in [-0.4, -0.2) is 31.1 Å². The third kappa shape index (κ3) is 3.11. The van der Waals surface area contributed by atoms with Crippen molar-refractivity contribution in [2.75, 3.05) is 14.1 Å². The molecule has 0 rings (SSSR count). The van der Waals surface area contributed by atoms with Gasteiger partial charge in [-0.05, 0) is 13.3 Å². The van der Waals surface area contributed by atoms with Crippen LogP contribution >= 0.6 is 0 Å². The molecular weight excluding hydrogens is 207 g/mol. The van der Waals surface area contributed by atoms with Crippen molar-refractivity contribution in [1.29, 1.82) is 0 Å². The number of nitrogens with zero attached hydrogens (tertiary/aromatic N) is 1. The Bertz CT molecular complexity index is 225. The normalized spacial score (nSPS) is 15.9. The van der Waals surface area contributed by atoms with E-state index in [1.54, 1.807) is 6.92 Å². The van der Waals surface area contributed by atoms with Gasteiger partial charge in [-0.25, -0.2) is 0 Å². The Morgan fingerprint density at radius 2 is 1.73 bits per heavy atom. The standard InChI is InChI=1S/C10H18F3NO/c1-5-6-7-9(2,10(11,12)13)8(15)14(3)4/h5-7H2,1-4H3. The first kappa shape index (κ1) is 14.3. The molecule has 0 saturated heterocycles. The van der Waals surface area contributed by atoms with Crippen LogP contribution in [0, 0.1) is 5.41 Å². The number of hydrogen-bond acceptors (Lipinski definition) is 1. The quantitative estimate of drug-likeness (QED) is 0.720. The van der Waals surface area contributed by atoms with E-state index < -0.39 is 17.5 Å². The van der Waals surface area contributed by atoms with Gasteiger partial charge < -0.3 is 4.90 Å². The van der Waals surface area contributed by atoms with Crippen molar-refractivity contribution in [1.82, 2.24) is 4.90 Å². The zero-order valence-electron chi connectivity index (χ0n) is 9.61. The summed E-state index contributed by atoms with van der Waals surface area (Å²) in [5.41, 5.74) is -2.24. The van der Waals surface area contributed by atoms with Crippen molar-refractivity contribution < 1.29 is 18.0 Å². The van der Waals surface area contributed by atoms with E-state index in [0.717, 1.165) is 11.8 Å². The minimum atomic E-state index is -4.48. The highest BCUT2D eigenvalue weighted by Crippen LogP contribution is 2.43. The molecule has 0 aliphatic rings. The molecule has 0 aliphatic carbocycles. The van der Waals surface area contributed by atoms with E-state index in [9.17, 15) is 18.0 Å². The Kier molecular flexibility index (Phi) is 4.62. The second-order valence-electron chi connectivity index (χ2n) is 4.13. The predicted molar refractivity (Wildman–Crippen MR) is 52.4 cm³/mol. The highest BCUT2D eigenvalue weighted by molar-refractivity contribution is 5.82. The zero-order chi connectivity index (χ0) is 12.3. The number of alkyl halides is 3. The van der Waals surface area contributed by atoms with Crippen molar-refractivity contribution in [3.8, 4) is 0 Å². The van der Waals surface area contributed by atoms with Crippen LogP contribution in [0.5, 0.6) is 0 Å². The maximum Gasteiger partial charge on any atom is 0.402 e. The van der Waals surface area contributed by atoms with Crippen molar-refractivity contribution in [3.05, 3.63) is 0 Å². The molecule has 2 nitrogen and oxygen atoms in total. The summed E-state index contributed by atoms with van der Waals surface area (Å²) in [6, 6.07) is 0. The van der Waals surface area contributed by atoms with E-state index in [2.05, 4.69) is 0 Å². The molecule has 1 unspecified atom stereocenters. The number of carbonyl (C=O) groups is 1. The van der Waals surface area contributed by atoms with Crippen molar-refractivity contribution in [2.24, 2.45) is 5.41 Å². The highest BCUT2D eigenvalue weighted by atomic mass is 19.4. The van der Waals surface area contributed by atoms with Gasteiger partial charge in [0.25, 0.3) is 0 Å². The molecule has 0 N–H and O–H groups in total. The second-order valence-corrected chi connectivity index (χ2v) is 4.13. The van der Waals surface area contributed by atoms with E-state index in [1.165, 1.54) is 14.1 Å². The first-order valence-electron chi connectivity index (χ1n) is 4.95. The third-order valence-corrected chi connectivity index (χ3v) is 2.53. The van der Waals surface area contributed by atoms with Gasteiger partial charge in [0.15, 0.2) is 0 Å². The lowest BCUT2D eigenvalue weighted by Gasteiger charge is -2.32. The minimum absolute atomic E-state index is 0.149. The predicted octanol–water partition coefficient (Wildman–Crippen LogP) is 2.83. The maximum atomic E-state index is 12.8. The molecule has 0 bridgehead atoms. The van der Waals surface area contributed by atoms with Crippen LogP contribution < -0.4 is 0 Å². The lowest BCUT2D eigenvalue weighted by molar-refractivity contribution is -0.223. The van der Waals surface area contributed by atoms with Crippen molar-refractivity contribution in [2.45, 2.75) is 39.3 Å². The fourth-order valence-electron chi connectivity index (χ4n) is 1.39. The fraction of sp³-hybridized carbons (Fsp3) is 0.900. The van der Waals surface area contributed by atoms with Gasteiger partial charge >= 0.3 is 6.18 Å². The Morgan fingerprint density at radius 3 is 2.00 bits per heavy atom. The van der Waals surface area contributed by atoms with E-state index in [4.69, 9.17) is 0 Å². The summed E-state index contributed by atoms with van der Waals surface area (Å²) in [6.45, 7) is 2.78. The van der Waals surface area contributed by atoms with E-state index >= 15 is 0 Å². The molecule has 0 heterocycles. The van der Waals surface area contributed by atoms with Crippen LogP contribution in [0.4, 0.5) is 13.2 Å². The Labute approximate surface area is 88.4 Å². The smallest absolute Gasteiger partial charge is 0.348 e. The monoisotopic (exact) mass is 225 g/mol. The molecule has 1 atom stereocenters. The van der Waals surface area contributed by atoms with Gasteiger partial charge in [0.2, 0.25) is 5.91 Å². The van der Waals surface area contributed by atoms with Gasteiger partial charge in [0.05, 0.1) is 0 Å². The van der Waals surface area contributed by atoms with Crippen LogP contribution in [0.15, 0.2) is 0 Å². The second kappa shape index (κ2) is 4.86.